The molecule has 0 amide bonds. The zero-order valence-corrected chi connectivity index (χ0v) is 13.9. The number of sulfonamides is 1. The predicted molar refractivity (Wildman–Crippen MR) is 88.0 cm³/mol. The number of hydrogen-bond donors (Lipinski definition) is 2. The molecule has 0 spiro atoms. The van der Waals surface area contributed by atoms with E-state index in [1.54, 1.807) is 36.4 Å². The van der Waals surface area contributed by atoms with E-state index in [2.05, 4.69) is 4.72 Å². The Balaban J connectivity index is 1.69. The number of hydrogen-bond acceptors (Lipinski definition) is 5. The van der Waals surface area contributed by atoms with Crippen LogP contribution in [0, 0.1) is 0 Å². The minimum Gasteiger partial charge on any atom is -0.461 e. The molecule has 0 radical (unpaired) electrons. The second-order valence-corrected chi connectivity index (χ2v) is 7.12. The van der Waals surface area contributed by atoms with E-state index in [1.807, 2.05) is 0 Å². The maximum absolute atomic E-state index is 12.2. The van der Waals surface area contributed by atoms with E-state index in [0.29, 0.717) is 11.5 Å². The van der Waals surface area contributed by atoms with Crippen LogP contribution in [-0.4, -0.2) is 20.1 Å². The third-order valence-electron chi connectivity index (χ3n) is 3.31. The molecule has 0 bridgehead atoms. The zero-order valence-electron chi connectivity index (χ0n) is 12.3. The van der Waals surface area contributed by atoms with Gasteiger partial charge in [0.1, 0.15) is 16.8 Å². The Bertz CT molecular complexity index is 918. The van der Waals surface area contributed by atoms with Crippen molar-refractivity contribution in [3.8, 4) is 11.5 Å². The van der Waals surface area contributed by atoms with Crippen molar-refractivity contribution < 1.29 is 22.4 Å². The second kappa shape index (κ2) is 6.82. The maximum atomic E-state index is 12.2. The van der Waals surface area contributed by atoms with Crippen molar-refractivity contribution in [1.29, 1.82) is 0 Å². The number of benzene rings is 1. The van der Waals surface area contributed by atoms with Gasteiger partial charge in [-0.05, 0) is 36.4 Å². The van der Waals surface area contributed by atoms with Crippen molar-refractivity contribution in [2.45, 2.75) is 11.0 Å². The summed E-state index contributed by atoms with van der Waals surface area (Å²) in [6, 6.07) is 12.7. The van der Waals surface area contributed by atoms with Gasteiger partial charge in [-0.15, -0.1) is 0 Å². The molecule has 0 aliphatic heterocycles. The number of rotatable bonds is 6. The van der Waals surface area contributed by atoms with Gasteiger partial charge in [-0.3, -0.25) is 0 Å². The van der Waals surface area contributed by atoms with E-state index in [-0.39, 0.29) is 22.2 Å². The number of nitrogens with one attached hydrogen (secondary N) is 1. The quantitative estimate of drug-likeness (QED) is 0.697. The van der Waals surface area contributed by atoms with Crippen LogP contribution in [0.15, 0.2) is 68.5 Å². The molecule has 2 N–H and O–H groups in total. The summed E-state index contributed by atoms with van der Waals surface area (Å²) in [5.74, 6) is 1.19. The van der Waals surface area contributed by atoms with Crippen LogP contribution in [0.3, 0.4) is 0 Å². The third kappa shape index (κ3) is 3.54. The first-order valence-electron chi connectivity index (χ1n) is 7.03. The molecule has 126 valence electrons. The van der Waals surface area contributed by atoms with Gasteiger partial charge in [-0.25, -0.2) is 13.1 Å². The fourth-order valence-electron chi connectivity index (χ4n) is 2.11. The van der Waals surface area contributed by atoms with Crippen molar-refractivity contribution in [2.24, 2.45) is 0 Å². The molecule has 0 aliphatic rings. The number of aliphatic hydroxyl groups excluding tert-OH is 1. The minimum atomic E-state index is -3.83. The highest BCUT2D eigenvalue weighted by Gasteiger charge is 2.21. The third-order valence-corrected chi connectivity index (χ3v) is 5.24. The van der Waals surface area contributed by atoms with E-state index in [4.69, 9.17) is 20.4 Å². The van der Waals surface area contributed by atoms with Gasteiger partial charge in [0.2, 0.25) is 10.0 Å². The Hall–Kier alpha value is -2.06. The van der Waals surface area contributed by atoms with E-state index in [9.17, 15) is 13.5 Å². The lowest BCUT2D eigenvalue weighted by Crippen LogP contribution is -2.28. The van der Waals surface area contributed by atoms with Crippen LogP contribution in [0.5, 0.6) is 0 Å². The average molecular weight is 368 g/mol. The normalized spacial score (nSPS) is 13.1. The summed E-state index contributed by atoms with van der Waals surface area (Å²) in [4.78, 5) is -0.0467. The van der Waals surface area contributed by atoms with Crippen molar-refractivity contribution >= 4 is 21.6 Å². The van der Waals surface area contributed by atoms with Gasteiger partial charge in [-0.1, -0.05) is 23.7 Å². The molecule has 0 fully saturated rings. The van der Waals surface area contributed by atoms with Crippen LogP contribution < -0.4 is 4.72 Å². The molecule has 2 aromatic heterocycles. The smallest absolute Gasteiger partial charge is 0.242 e. The molecule has 1 unspecified atom stereocenters. The van der Waals surface area contributed by atoms with E-state index in [1.165, 1.54) is 18.4 Å². The lowest BCUT2D eigenvalue weighted by atomic mass is 10.3. The Morgan fingerprint density at radius 2 is 1.88 bits per heavy atom. The second-order valence-electron chi connectivity index (χ2n) is 4.98. The first-order valence-corrected chi connectivity index (χ1v) is 8.89. The van der Waals surface area contributed by atoms with Crippen molar-refractivity contribution in [1.82, 2.24) is 4.72 Å². The highest BCUT2D eigenvalue weighted by molar-refractivity contribution is 7.89. The molecular weight excluding hydrogens is 354 g/mol. The summed E-state index contributed by atoms with van der Waals surface area (Å²) in [5.41, 5.74) is 0. The molecule has 2 heterocycles. The van der Waals surface area contributed by atoms with Gasteiger partial charge >= 0.3 is 0 Å². The van der Waals surface area contributed by atoms with Gasteiger partial charge in [0, 0.05) is 6.54 Å². The Morgan fingerprint density at radius 3 is 2.58 bits per heavy atom. The maximum Gasteiger partial charge on any atom is 0.242 e. The monoisotopic (exact) mass is 367 g/mol. The molecular formula is C16H14ClNO5S. The fourth-order valence-corrected chi connectivity index (χ4v) is 3.67. The van der Waals surface area contributed by atoms with Crippen LogP contribution in [0.2, 0.25) is 5.02 Å². The molecule has 3 aromatic rings. The standard InChI is InChI=1S/C16H14ClNO5S/c17-11-4-1-2-6-16(11)24(20,21)18-10-12(19)13-7-8-15(23-13)14-5-3-9-22-14/h1-9,12,18-19H,10H2. The summed E-state index contributed by atoms with van der Waals surface area (Å²) in [6.07, 6.45) is 0.358. The molecule has 3 rings (SSSR count). The largest absolute Gasteiger partial charge is 0.461 e. The van der Waals surface area contributed by atoms with Crippen molar-refractivity contribution in [3.05, 3.63) is 65.6 Å². The highest BCUT2D eigenvalue weighted by atomic mass is 35.5. The Morgan fingerprint density at radius 1 is 1.08 bits per heavy atom. The lowest BCUT2D eigenvalue weighted by molar-refractivity contribution is 0.154. The van der Waals surface area contributed by atoms with Gasteiger partial charge < -0.3 is 13.9 Å². The molecule has 0 saturated carbocycles. The van der Waals surface area contributed by atoms with E-state index in [0.717, 1.165) is 0 Å². The van der Waals surface area contributed by atoms with E-state index < -0.39 is 16.1 Å². The Labute approximate surface area is 143 Å². The zero-order chi connectivity index (χ0) is 17.2. The molecule has 1 atom stereocenters. The average Bonchev–Trinajstić information content (AvgIpc) is 3.23. The SMILES string of the molecule is O=S(=O)(NCC(O)c1ccc(-c2ccco2)o1)c1ccccc1Cl. The molecule has 1 aromatic carbocycles. The predicted octanol–water partition coefficient (Wildman–Crippen LogP) is 3.20. The van der Waals surface area contributed by atoms with Crippen LogP contribution in [0.25, 0.3) is 11.5 Å². The summed E-state index contributed by atoms with van der Waals surface area (Å²) in [6.45, 7) is -0.251. The molecule has 0 aliphatic carbocycles. The minimum absolute atomic E-state index is 0.0467. The van der Waals surface area contributed by atoms with Crippen LogP contribution in [-0.2, 0) is 10.0 Å². The van der Waals surface area contributed by atoms with Crippen LogP contribution >= 0.6 is 11.6 Å². The summed E-state index contributed by atoms with van der Waals surface area (Å²) in [5, 5.41) is 10.2. The van der Waals surface area contributed by atoms with Gasteiger partial charge in [0.25, 0.3) is 0 Å². The van der Waals surface area contributed by atoms with Crippen molar-refractivity contribution in [3.63, 3.8) is 0 Å². The lowest BCUT2D eigenvalue weighted by Gasteiger charge is -2.11. The number of halogens is 1. The van der Waals surface area contributed by atoms with Crippen LogP contribution in [0.4, 0.5) is 0 Å². The topological polar surface area (TPSA) is 92.7 Å². The van der Waals surface area contributed by atoms with E-state index >= 15 is 0 Å². The number of aliphatic hydroxyl groups is 1. The molecule has 8 heteroatoms. The van der Waals surface area contributed by atoms with Gasteiger partial charge in [0.05, 0.1) is 11.3 Å². The van der Waals surface area contributed by atoms with Crippen LogP contribution in [0.1, 0.15) is 11.9 Å². The van der Waals surface area contributed by atoms with Crippen molar-refractivity contribution in [2.75, 3.05) is 6.54 Å². The van der Waals surface area contributed by atoms with Gasteiger partial charge in [0.15, 0.2) is 11.5 Å². The van der Waals surface area contributed by atoms with Gasteiger partial charge in [-0.2, -0.15) is 0 Å². The summed E-state index contributed by atoms with van der Waals surface area (Å²) in [7, 11) is -3.83. The molecule has 6 nitrogen and oxygen atoms in total. The fraction of sp³-hybridized carbons (Fsp3) is 0.125. The highest BCUT2D eigenvalue weighted by Crippen LogP contribution is 2.26. The first kappa shape index (κ1) is 16.8. The summed E-state index contributed by atoms with van der Waals surface area (Å²) < 4.78 is 37.4. The number of furan rings is 2. The first-order chi connectivity index (χ1) is 11.5. The molecule has 24 heavy (non-hydrogen) atoms. The molecule has 0 saturated heterocycles. The Kier molecular flexibility index (Phi) is 4.77. The summed E-state index contributed by atoms with van der Waals surface area (Å²) >= 11 is 5.89.